The zero-order valence-corrected chi connectivity index (χ0v) is 17.9. The first-order valence-corrected chi connectivity index (χ1v) is 11.5. The number of amides is 1. The molecule has 30 heavy (non-hydrogen) atoms. The molecule has 7 nitrogen and oxygen atoms in total. The van der Waals surface area contributed by atoms with Crippen molar-refractivity contribution in [1.29, 1.82) is 0 Å². The van der Waals surface area contributed by atoms with Crippen molar-refractivity contribution in [3.8, 4) is 0 Å². The second kappa shape index (κ2) is 10.1. The van der Waals surface area contributed by atoms with Gasteiger partial charge in [0.05, 0.1) is 10.5 Å². The molecule has 1 N–H and O–H groups in total. The number of ether oxygens (including phenoxy) is 1. The molecule has 2 aromatic rings. The fourth-order valence-corrected chi connectivity index (χ4v) is 4.73. The van der Waals surface area contributed by atoms with E-state index in [4.69, 9.17) is 16.3 Å². The predicted octanol–water partition coefficient (Wildman–Crippen LogP) is 2.99. The van der Waals surface area contributed by atoms with Gasteiger partial charge < -0.3 is 10.1 Å². The predicted molar refractivity (Wildman–Crippen MR) is 113 cm³/mol. The summed E-state index contributed by atoms with van der Waals surface area (Å²) in [5.74, 6) is -1.14. The lowest BCUT2D eigenvalue weighted by atomic mass is 10.2. The molecular formula is C21H23ClN2O5S. The first-order valence-electron chi connectivity index (χ1n) is 9.65. The van der Waals surface area contributed by atoms with Crippen LogP contribution in [-0.2, 0) is 26.1 Å². The Morgan fingerprint density at radius 3 is 2.23 bits per heavy atom. The van der Waals surface area contributed by atoms with Crippen LogP contribution in [0.2, 0.25) is 5.02 Å². The molecule has 2 aromatic carbocycles. The van der Waals surface area contributed by atoms with Gasteiger partial charge in [0.1, 0.15) is 0 Å². The van der Waals surface area contributed by atoms with Crippen LogP contribution in [0.5, 0.6) is 0 Å². The molecule has 1 aliphatic heterocycles. The number of nitrogens with one attached hydrogen (secondary N) is 1. The van der Waals surface area contributed by atoms with E-state index in [1.54, 1.807) is 24.3 Å². The van der Waals surface area contributed by atoms with Crippen LogP contribution < -0.4 is 5.32 Å². The van der Waals surface area contributed by atoms with E-state index in [-0.39, 0.29) is 17.0 Å². The van der Waals surface area contributed by atoms with Crippen molar-refractivity contribution in [3.63, 3.8) is 0 Å². The molecule has 9 heteroatoms. The van der Waals surface area contributed by atoms with E-state index in [0.29, 0.717) is 18.1 Å². The molecule has 0 spiro atoms. The lowest BCUT2D eigenvalue weighted by molar-refractivity contribution is -0.124. The van der Waals surface area contributed by atoms with Gasteiger partial charge in [-0.05, 0) is 54.8 Å². The Bertz CT molecular complexity index is 985. The lowest BCUT2D eigenvalue weighted by Crippen LogP contribution is -2.35. The van der Waals surface area contributed by atoms with E-state index < -0.39 is 28.5 Å². The van der Waals surface area contributed by atoms with E-state index in [0.717, 1.165) is 24.8 Å². The molecule has 0 radical (unpaired) electrons. The number of halogens is 1. The second-order valence-corrected chi connectivity index (χ2v) is 9.34. The number of esters is 1. The molecule has 1 aliphatic rings. The number of hydrogen-bond donors (Lipinski definition) is 1. The Balaban J connectivity index is 1.50. The van der Waals surface area contributed by atoms with Crippen LogP contribution in [0.25, 0.3) is 0 Å². The van der Waals surface area contributed by atoms with Crippen LogP contribution in [0.4, 0.5) is 0 Å². The van der Waals surface area contributed by atoms with Crippen molar-refractivity contribution in [1.82, 2.24) is 9.62 Å². The summed E-state index contributed by atoms with van der Waals surface area (Å²) in [6, 6.07) is 12.6. The van der Waals surface area contributed by atoms with Crippen molar-refractivity contribution in [2.45, 2.75) is 30.7 Å². The molecule has 0 saturated carbocycles. The topological polar surface area (TPSA) is 92.8 Å². The third-order valence-corrected chi connectivity index (χ3v) is 6.94. The number of carbonyl (C=O) groups is 2. The fraction of sp³-hybridized carbons (Fsp3) is 0.333. The molecule has 1 heterocycles. The number of nitrogens with zero attached hydrogens (tertiary/aromatic N) is 1. The highest BCUT2D eigenvalue weighted by atomic mass is 35.5. The highest BCUT2D eigenvalue weighted by Gasteiger charge is 2.26. The van der Waals surface area contributed by atoms with Gasteiger partial charge in [0.25, 0.3) is 5.91 Å². The van der Waals surface area contributed by atoms with Gasteiger partial charge in [-0.25, -0.2) is 13.2 Å². The summed E-state index contributed by atoms with van der Waals surface area (Å²) < 4.78 is 31.8. The summed E-state index contributed by atoms with van der Waals surface area (Å²) in [5, 5.41) is 3.25. The van der Waals surface area contributed by atoms with E-state index >= 15 is 0 Å². The maximum atomic E-state index is 12.6. The summed E-state index contributed by atoms with van der Waals surface area (Å²) in [6.45, 7) is 0.880. The molecule has 1 amide bonds. The molecule has 1 fully saturated rings. The van der Waals surface area contributed by atoms with Gasteiger partial charge >= 0.3 is 5.97 Å². The SMILES string of the molecule is O=C(COC(=O)c1ccc(S(=O)(=O)N2CCCCC2)cc1)NCc1ccc(Cl)cc1. The largest absolute Gasteiger partial charge is 0.452 e. The van der Waals surface area contributed by atoms with Crippen LogP contribution in [0, 0.1) is 0 Å². The Hall–Kier alpha value is -2.42. The minimum Gasteiger partial charge on any atom is -0.452 e. The number of rotatable bonds is 7. The maximum absolute atomic E-state index is 12.6. The lowest BCUT2D eigenvalue weighted by Gasteiger charge is -2.25. The third-order valence-electron chi connectivity index (χ3n) is 4.78. The quantitative estimate of drug-likeness (QED) is 0.654. The van der Waals surface area contributed by atoms with Gasteiger partial charge in [0.2, 0.25) is 10.0 Å². The zero-order valence-electron chi connectivity index (χ0n) is 16.3. The molecular weight excluding hydrogens is 428 g/mol. The Morgan fingerprint density at radius 2 is 1.60 bits per heavy atom. The smallest absolute Gasteiger partial charge is 0.338 e. The Kier molecular flexibility index (Phi) is 7.47. The number of hydrogen-bond acceptors (Lipinski definition) is 5. The highest BCUT2D eigenvalue weighted by molar-refractivity contribution is 7.89. The zero-order chi connectivity index (χ0) is 21.6. The van der Waals surface area contributed by atoms with Crippen molar-refractivity contribution >= 4 is 33.5 Å². The Morgan fingerprint density at radius 1 is 0.967 bits per heavy atom. The average Bonchev–Trinajstić information content (AvgIpc) is 2.77. The van der Waals surface area contributed by atoms with E-state index in [1.165, 1.54) is 28.6 Å². The average molecular weight is 451 g/mol. The molecule has 0 atom stereocenters. The number of piperidine rings is 1. The van der Waals surface area contributed by atoms with Crippen molar-refractivity contribution in [2.75, 3.05) is 19.7 Å². The first kappa shape index (κ1) is 22.3. The summed E-state index contributed by atoms with van der Waals surface area (Å²) in [5.41, 5.74) is 1.04. The van der Waals surface area contributed by atoms with Gasteiger partial charge in [0.15, 0.2) is 6.61 Å². The molecule has 1 saturated heterocycles. The van der Waals surface area contributed by atoms with Crippen LogP contribution >= 0.6 is 11.6 Å². The van der Waals surface area contributed by atoms with Gasteiger partial charge in [0, 0.05) is 24.7 Å². The summed E-state index contributed by atoms with van der Waals surface area (Å²) in [6.07, 6.45) is 2.73. The number of benzene rings is 2. The van der Waals surface area contributed by atoms with Crippen LogP contribution in [0.3, 0.4) is 0 Å². The molecule has 0 aliphatic carbocycles. The van der Waals surface area contributed by atoms with Gasteiger partial charge in [-0.2, -0.15) is 4.31 Å². The Labute approximate surface area is 181 Å². The maximum Gasteiger partial charge on any atom is 0.338 e. The first-order chi connectivity index (χ1) is 14.4. The van der Waals surface area contributed by atoms with Crippen molar-refractivity contribution < 1.29 is 22.7 Å². The monoisotopic (exact) mass is 450 g/mol. The van der Waals surface area contributed by atoms with E-state index in [1.807, 2.05) is 0 Å². The molecule has 0 aromatic heterocycles. The normalized spacial score (nSPS) is 14.8. The van der Waals surface area contributed by atoms with Gasteiger partial charge in [-0.3, -0.25) is 4.79 Å². The highest BCUT2D eigenvalue weighted by Crippen LogP contribution is 2.21. The van der Waals surface area contributed by atoms with Crippen LogP contribution in [0.1, 0.15) is 35.2 Å². The van der Waals surface area contributed by atoms with E-state index in [2.05, 4.69) is 5.32 Å². The summed E-state index contributed by atoms with van der Waals surface area (Å²) in [4.78, 5) is 24.2. The second-order valence-electron chi connectivity index (χ2n) is 6.97. The van der Waals surface area contributed by atoms with Crippen LogP contribution in [0.15, 0.2) is 53.4 Å². The number of sulfonamides is 1. The minimum absolute atomic E-state index is 0.140. The molecule has 0 unspecified atom stereocenters. The van der Waals surface area contributed by atoms with Gasteiger partial charge in [-0.15, -0.1) is 0 Å². The van der Waals surface area contributed by atoms with Crippen molar-refractivity contribution in [2.24, 2.45) is 0 Å². The molecule has 0 bridgehead atoms. The van der Waals surface area contributed by atoms with E-state index in [9.17, 15) is 18.0 Å². The summed E-state index contributed by atoms with van der Waals surface area (Å²) >= 11 is 5.81. The van der Waals surface area contributed by atoms with Crippen molar-refractivity contribution in [3.05, 3.63) is 64.7 Å². The van der Waals surface area contributed by atoms with Crippen LogP contribution in [-0.4, -0.2) is 44.3 Å². The molecule has 3 rings (SSSR count). The summed E-state index contributed by atoms with van der Waals surface area (Å²) in [7, 11) is -3.56. The van der Waals surface area contributed by atoms with Gasteiger partial charge in [-0.1, -0.05) is 30.2 Å². The standard InChI is InChI=1S/C21H23ClN2O5S/c22-18-8-4-16(5-9-18)14-23-20(25)15-29-21(26)17-6-10-19(11-7-17)30(27,28)24-12-2-1-3-13-24/h4-11H,1-3,12-15H2,(H,23,25). The fourth-order valence-electron chi connectivity index (χ4n) is 3.09. The third kappa shape index (κ3) is 5.81. The number of carbonyl (C=O) groups excluding carboxylic acids is 2. The molecule has 160 valence electrons. The minimum atomic E-state index is -3.56.